The number of carboxylic acids is 2. The summed E-state index contributed by atoms with van der Waals surface area (Å²) in [5.74, 6) is -4.75. The number of hydrogen-bond donors (Lipinski definition) is 4. The lowest BCUT2D eigenvalue weighted by atomic mass is 10.1. The van der Waals surface area contributed by atoms with Gasteiger partial charge in [0.25, 0.3) is 0 Å². The first-order valence-electron chi connectivity index (χ1n) is 8.52. The number of benzene rings is 2. The minimum atomic E-state index is -4.09. The van der Waals surface area contributed by atoms with E-state index in [9.17, 15) is 24.2 Å². The smallest absolute Gasteiger partial charge is 0.307 e. The molecule has 0 aliphatic rings. The molecule has 9 heteroatoms. The van der Waals surface area contributed by atoms with E-state index in [-0.39, 0.29) is 6.42 Å². The van der Waals surface area contributed by atoms with E-state index < -0.39 is 43.6 Å². The molecule has 7 nitrogen and oxygen atoms in total. The Morgan fingerprint density at radius 2 is 1.64 bits per heavy atom. The zero-order valence-electron chi connectivity index (χ0n) is 14.9. The summed E-state index contributed by atoms with van der Waals surface area (Å²) in [7, 11) is -4.09. The van der Waals surface area contributed by atoms with Crippen molar-refractivity contribution in [2.24, 2.45) is 5.92 Å². The van der Waals surface area contributed by atoms with Crippen LogP contribution in [0.1, 0.15) is 24.2 Å². The van der Waals surface area contributed by atoms with Crippen LogP contribution in [0.15, 0.2) is 54.6 Å². The number of hydrogen-bond acceptors (Lipinski definition) is 4. The molecule has 28 heavy (non-hydrogen) atoms. The Labute approximate surface area is 167 Å². The summed E-state index contributed by atoms with van der Waals surface area (Å²) < 4.78 is 13.2. The molecule has 0 amide bonds. The number of halogens is 1. The normalized spacial score (nSPS) is 15.2. The van der Waals surface area contributed by atoms with Gasteiger partial charge in [-0.25, -0.2) is 0 Å². The Morgan fingerprint density at radius 1 is 1.04 bits per heavy atom. The first kappa shape index (κ1) is 22.0. The second kappa shape index (κ2) is 9.73. The molecule has 0 aliphatic heterocycles. The van der Waals surface area contributed by atoms with Crippen LogP contribution in [0.2, 0.25) is 5.02 Å². The third-order valence-electron chi connectivity index (χ3n) is 4.20. The predicted octanol–water partition coefficient (Wildman–Crippen LogP) is 4.29. The fraction of sp³-hybridized carbons (Fsp3) is 0.263. The summed E-state index contributed by atoms with van der Waals surface area (Å²) in [6.07, 6.45) is -1.16. The van der Waals surface area contributed by atoms with Gasteiger partial charge in [-0.15, -0.1) is 0 Å². The summed E-state index contributed by atoms with van der Waals surface area (Å²) in [5, 5.41) is 21.7. The third kappa shape index (κ3) is 6.37. The maximum atomic E-state index is 13.2. The van der Waals surface area contributed by atoms with Gasteiger partial charge in [-0.1, -0.05) is 41.9 Å². The van der Waals surface area contributed by atoms with Gasteiger partial charge >= 0.3 is 11.9 Å². The largest absolute Gasteiger partial charge is 0.481 e. The van der Waals surface area contributed by atoms with Crippen molar-refractivity contribution in [3.63, 3.8) is 0 Å². The topological polar surface area (TPSA) is 124 Å². The summed E-state index contributed by atoms with van der Waals surface area (Å²) in [6.45, 7) is 0. The maximum Gasteiger partial charge on any atom is 0.307 e. The molecule has 0 aromatic heterocycles. The summed E-state index contributed by atoms with van der Waals surface area (Å²) in [6, 6.07) is 15.1. The van der Waals surface area contributed by atoms with Gasteiger partial charge in [0.1, 0.15) is 5.78 Å². The van der Waals surface area contributed by atoms with Crippen LogP contribution in [0.5, 0.6) is 0 Å². The van der Waals surface area contributed by atoms with Crippen LogP contribution in [0.4, 0.5) is 5.69 Å². The van der Waals surface area contributed by atoms with Crippen LogP contribution in [0, 0.1) is 5.92 Å². The van der Waals surface area contributed by atoms with Gasteiger partial charge in [-0.3, -0.25) is 14.2 Å². The second-order valence-electron chi connectivity index (χ2n) is 6.37. The SMILES string of the molecule is O=C(O)CCC(CP(=O)(O)C(Nc1ccc(Cl)cc1)c1ccccc1)C(=O)O. The molecule has 150 valence electrons. The fourth-order valence-corrected chi connectivity index (χ4v) is 5.06. The van der Waals surface area contributed by atoms with Crippen molar-refractivity contribution in [3.8, 4) is 0 Å². The lowest BCUT2D eigenvalue weighted by Gasteiger charge is -2.27. The van der Waals surface area contributed by atoms with E-state index in [0.29, 0.717) is 16.3 Å². The van der Waals surface area contributed by atoms with Crippen LogP contribution < -0.4 is 5.32 Å². The molecular formula is C19H21ClNO6P. The number of nitrogens with one attached hydrogen (secondary N) is 1. The average Bonchev–Trinajstić information content (AvgIpc) is 2.64. The zero-order chi connectivity index (χ0) is 20.7. The minimum Gasteiger partial charge on any atom is -0.481 e. The van der Waals surface area contributed by atoms with Gasteiger partial charge in [-0.2, -0.15) is 0 Å². The minimum absolute atomic E-state index is 0.225. The van der Waals surface area contributed by atoms with Crippen molar-refractivity contribution in [1.82, 2.24) is 0 Å². The molecule has 0 radical (unpaired) electrons. The van der Waals surface area contributed by atoms with Gasteiger partial charge in [0.05, 0.1) is 5.92 Å². The highest BCUT2D eigenvalue weighted by Crippen LogP contribution is 2.57. The molecule has 0 fully saturated rings. The highest BCUT2D eigenvalue weighted by Gasteiger charge is 2.37. The van der Waals surface area contributed by atoms with Gasteiger partial charge in [-0.05, 0) is 36.2 Å². The van der Waals surface area contributed by atoms with Crippen LogP contribution in [0.3, 0.4) is 0 Å². The van der Waals surface area contributed by atoms with Crippen molar-refractivity contribution in [3.05, 3.63) is 65.2 Å². The van der Waals surface area contributed by atoms with Gasteiger partial charge in [0, 0.05) is 23.3 Å². The lowest BCUT2D eigenvalue weighted by Crippen LogP contribution is -2.23. The van der Waals surface area contributed by atoms with Gasteiger partial charge in [0.2, 0.25) is 7.37 Å². The van der Waals surface area contributed by atoms with Crippen molar-refractivity contribution in [2.75, 3.05) is 11.5 Å². The Hall–Kier alpha value is -2.34. The van der Waals surface area contributed by atoms with Crippen LogP contribution in [0.25, 0.3) is 0 Å². The first-order valence-corrected chi connectivity index (χ1v) is 10.8. The van der Waals surface area contributed by atoms with Crippen LogP contribution in [-0.2, 0) is 14.2 Å². The van der Waals surface area contributed by atoms with E-state index >= 15 is 0 Å². The number of carbonyl (C=O) groups is 2. The second-order valence-corrected chi connectivity index (χ2v) is 9.20. The van der Waals surface area contributed by atoms with E-state index in [2.05, 4.69) is 5.32 Å². The molecule has 0 aliphatic carbocycles. The molecule has 0 saturated carbocycles. The highest BCUT2D eigenvalue weighted by molar-refractivity contribution is 7.58. The highest BCUT2D eigenvalue weighted by atomic mass is 35.5. The van der Waals surface area contributed by atoms with Crippen molar-refractivity contribution >= 4 is 36.6 Å². The van der Waals surface area contributed by atoms with Gasteiger partial charge < -0.3 is 20.4 Å². The van der Waals surface area contributed by atoms with E-state index in [1.807, 2.05) is 0 Å². The molecular weight excluding hydrogens is 405 g/mol. The number of aliphatic carboxylic acids is 2. The summed E-state index contributed by atoms with van der Waals surface area (Å²) in [4.78, 5) is 33.0. The standard InChI is InChI=1S/C19H21ClNO6P/c20-15-7-9-16(10-8-15)21-18(13-4-2-1-3-5-13)28(26,27)12-14(19(24)25)6-11-17(22)23/h1-5,7-10,14,18,21H,6,11-12H2,(H,22,23)(H,24,25)(H,26,27). The Bertz CT molecular complexity index is 858. The fourth-order valence-electron chi connectivity index (χ4n) is 2.77. The molecule has 2 rings (SSSR count). The molecule has 3 unspecified atom stereocenters. The Kier molecular flexibility index (Phi) is 7.63. The van der Waals surface area contributed by atoms with Crippen molar-refractivity contribution in [1.29, 1.82) is 0 Å². The van der Waals surface area contributed by atoms with Crippen molar-refractivity contribution < 1.29 is 29.3 Å². The zero-order valence-corrected chi connectivity index (χ0v) is 16.5. The summed E-state index contributed by atoms with van der Waals surface area (Å²) >= 11 is 5.87. The van der Waals surface area contributed by atoms with E-state index in [0.717, 1.165) is 0 Å². The molecule has 0 heterocycles. The quantitative estimate of drug-likeness (QED) is 0.418. The number of carboxylic acid groups (broad SMARTS) is 2. The number of rotatable bonds is 10. The average molecular weight is 426 g/mol. The predicted molar refractivity (Wildman–Crippen MR) is 107 cm³/mol. The van der Waals surface area contributed by atoms with Crippen LogP contribution >= 0.6 is 19.0 Å². The molecule has 3 atom stereocenters. The summed E-state index contributed by atoms with van der Waals surface area (Å²) in [5.41, 5.74) is 1.07. The van der Waals surface area contributed by atoms with E-state index in [4.69, 9.17) is 16.7 Å². The van der Waals surface area contributed by atoms with E-state index in [1.54, 1.807) is 54.6 Å². The molecule has 2 aromatic carbocycles. The number of anilines is 1. The molecule has 0 saturated heterocycles. The monoisotopic (exact) mass is 425 g/mol. The molecule has 0 spiro atoms. The van der Waals surface area contributed by atoms with Crippen LogP contribution in [-0.4, -0.2) is 33.2 Å². The van der Waals surface area contributed by atoms with Crippen molar-refractivity contribution in [2.45, 2.75) is 18.6 Å². The van der Waals surface area contributed by atoms with Gasteiger partial charge in [0.15, 0.2) is 0 Å². The Morgan fingerprint density at radius 3 is 2.18 bits per heavy atom. The molecule has 4 N–H and O–H groups in total. The first-order chi connectivity index (χ1) is 13.2. The Balaban J connectivity index is 2.31. The maximum absolute atomic E-state index is 13.2. The van der Waals surface area contributed by atoms with E-state index in [1.165, 1.54) is 0 Å². The lowest BCUT2D eigenvalue weighted by molar-refractivity contribution is -0.142. The molecule has 0 bridgehead atoms. The third-order valence-corrected chi connectivity index (χ3v) is 6.65. The molecule has 2 aromatic rings.